The van der Waals surface area contributed by atoms with Crippen molar-refractivity contribution >= 4 is 17.5 Å². The smallest absolute Gasteiger partial charge is 0.274 e. The second kappa shape index (κ2) is 9.54. The third kappa shape index (κ3) is 5.44. The number of methoxy groups -OCH3 is 1. The molecule has 0 unspecified atom stereocenters. The Hall–Kier alpha value is -3.61. The summed E-state index contributed by atoms with van der Waals surface area (Å²) >= 11 is 0. The highest BCUT2D eigenvalue weighted by molar-refractivity contribution is 6.03. The van der Waals surface area contributed by atoms with Gasteiger partial charge >= 0.3 is 0 Å². The average Bonchev–Trinajstić information content (AvgIpc) is 2.75. The molecule has 0 aliphatic rings. The molecule has 0 aliphatic carbocycles. The van der Waals surface area contributed by atoms with E-state index in [4.69, 9.17) is 9.47 Å². The van der Waals surface area contributed by atoms with Gasteiger partial charge in [-0.05, 0) is 61.4 Å². The minimum Gasteiger partial charge on any atom is -0.497 e. The molecule has 0 radical (unpaired) electrons. The predicted molar refractivity (Wildman–Crippen MR) is 113 cm³/mol. The molecule has 3 aromatic rings. The maximum absolute atomic E-state index is 12.5. The van der Waals surface area contributed by atoms with Crippen LogP contribution in [0.3, 0.4) is 0 Å². The van der Waals surface area contributed by atoms with E-state index in [-0.39, 0.29) is 5.91 Å². The number of hydrogen-bond donors (Lipinski definition) is 2. The van der Waals surface area contributed by atoms with Crippen LogP contribution in [-0.4, -0.2) is 36.1 Å². The lowest BCUT2D eigenvalue weighted by Gasteiger charge is -2.11. The van der Waals surface area contributed by atoms with Crippen LogP contribution < -0.4 is 20.1 Å². The summed E-state index contributed by atoms with van der Waals surface area (Å²) in [5.74, 6) is 1.62. The molecular formula is C22H24N4O3. The first-order valence-electron chi connectivity index (χ1n) is 9.28. The number of rotatable bonds is 8. The van der Waals surface area contributed by atoms with Gasteiger partial charge in [0, 0.05) is 11.9 Å². The zero-order chi connectivity index (χ0) is 20.6. The van der Waals surface area contributed by atoms with E-state index in [0.29, 0.717) is 24.8 Å². The summed E-state index contributed by atoms with van der Waals surface area (Å²) in [4.78, 5) is 21.0. The Morgan fingerprint density at radius 1 is 1.03 bits per heavy atom. The van der Waals surface area contributed by atoms with Crippen LogP contribution in [0, 0.1) is 13.8 Å². The number of anilines is 2. The van der Waals surface area contributed by atoms with Crippen LogP contribution in [0.25, 0.3) is 0 Å². The summed E-state index contributed by atoms with van der Waals surface area (Å²) in [7, 11) is 1.62. The first kappa shape index (κ1) is 20.1. The number of carbonyl (C=O) groups is 1. The van der Waals surface area contributed by atoms with Gasteiger partial charge in [0.05, 0.1) is 13.7 Å². The summed E-state index contributed by atoms with van der Waals surface area (Å²) in [6.07, 6.45) is 1.55. The Kier molecular flexibility index (Phi) is 6.63. The molecule has 7 heteroatoms. The third-order valence-electron chi connectivity index (χ3n) is 4.45. The molecule has 7 nitrogen and oxygen atoms in total. The molecule has 0 saturated heterocycles. The number of aryl methyl sites for hydroxylation is 1. The van der Waals surface area contributed by atoms with Crippen LogP contribution in [0.15, 0.2) is 54.7 Å². The van der Waals surface area contributed by atoms with Gasteiger partial charge in [-0.3, -0.25) is 4.79 Å². The standard InChI is InChI=1S/C22H24N4O3/c1-15-5-4-6-19(16(15)2)25-21(27)20-11-12-23-22(26-20)24-13-14-29-18-9-7-17(28-3)8-10-18/h4-12H,13-14H2,1-3H3,(H,25,27)(H,23,24,26). The van der Waals surface area contributed by atoms with Gasteiger partial charge in [-0.2, -0.15) is 0 Å². The molecule has 1 aromatic heterocycles. The first-order chi connectivity index (χ1) is 14.1. The fourth-order valence-electron chi connectivity index (χ4n) is 2.65. The summed E-state index contributed by atoms with van der Waals surface area (Å²) in [5.41, 5.74) is 3.21. The largest absolute Gasteiger partial charge is 0.497 e. The molecule has 3 rings (SSSR count). The average molecular weight is 392 g/mol. The molecular weight excluding hydrogens is 368 g/mol. The highest BCUT2D eigenvalue weighted by atomic mass is 16.5. The van der Waals surface area contributed by atoms with Gasteiger partial charge in [0.25, 0.3) is 5.91 Å². The number of aromatic nitrogens is 2. The van der Waals surface area contributed by atoms with Crippen molar-refractivity contribution in [3.05, 3.63) is 71.5 Å². The lowest BCUT2D eigenvalue weighted by Crippen LogP contribution is -2.17. The number of hydrogen-bond acceptors (Lipinski definition) is 6. The van der Waals surface area contributed by atoms with Crippen molar-refractivity contribution in [2.45, 2.75) is 13.8 Å². The zero-order valence-corrected chi connectivity index (χ0v) is 16.7. The van der Waals surface area contributed by atoms with E-state index in [1.165, 1.54) is 0 Å². The minimum atomic E-state index is -0.279. The van der Waals surface area contributed by atoms with Crippen LogP contribution >= 0.6 is 0 Å². The molecule has 0 fully saturated rings. The molecule has 2 aromatic carbocycles. The molecule has 0 atom stereocenters. The molecule has 1 heterocycles. The van der Waals surface area contributed by atoms with Crippen molar-refractivity contribution < 1.29 is 14.3 Å². The molecule has 0 spiro atoms. The number of amides is 1. The van der Waals surface area contributed by atoms with Crippen LogP contribution in [0.5, 0.6) is 11.5 Å². The van der Waals surface area contributed by atoms with E-state index >= 15 is 0 Å². The van der Waals surface area contributed by atoms with Crippen molar-refractivity contribution in [1.82, 2.24) is 9.97 Å². The molecule has 29 heavy (non-hydrogen) atoms. The van der Waals surface area contributed by atoms with Gasteiger partial charge in [-0.1, -0.05) is 12.1 Å². The van der Waals surface area contributed by atoms with E-state index < -0.39 is 0 Å². The van der Waals surface area contributed by atoms with E-state index in [1.54, 1.807) is 19.4 Å². The predicted octanol–water partition coefficient (Wildman–Crippen LogP) is 3.85. The van der Waals surface area contributed by atoms with Crippen LogP contribution in [0.1, 0.15) is 21.6 Å². The molecule has 2 N–H and O–H groups in total. The van der Waals surface area contributed by atoms with E-state index in [0.717, 1.165) is 28.3 Å². The maximum Gasteiger partial charge on any atom is 0.274 e. The minimum absolute atomic E-state index is 0.279. The van der Waals surface area contributed by atoms with E-state index in [9.17, 15) is 4.79 Å². The van der Waals surface area contributed by atoms with Crippen molar-refractivity contribution in [2.24, 2.45) is 0 Å². The summed E-state index contributed by atoms with van der Waals surface area (Å²) < 4.78 is 10.8. The summed E-state index contributed by atoms with van der Waals surface area (Å²) in [5, 5.41) is 5.97. The van der Waals surface area contributed by atoms with Gasteiger partial charge in [-0.25, -0.2) is 9.97 Å². The molecule has 0 saturated carbocycles. The number of benzene rings is 2. The van der Waals surface area contributed by atoms with Crippen LogP contribution in [-0.2, 0) is 0 Å². The van der Waals surface area contributed by atoms with Crippen molar-refractivity contribution in [3.8, 4) is 11.5 Å². The van der Waals surface area contributed by atoms with Gasteiger partial charge < -0.3 is 20.1 Å². The maximum atomic E-state index is 12.5. The topological polar surface area (TPSA) is 85.4 Å². The third-order valence-corrected chi connectivity index (χ3v) is 4.45. The first-order valence-corrected chi connectivity index (χ1v) is 9.28. The lowest BCUT2D eigenvalue weighted by atomic mass is 10.1. The highest BCUT2D eigenvalue weighted by Crippen LogP contribution is 2.19. The van der Waals surface area contributed by atoms with Crippen LogP contribution in [0.4, 0.5) is 11.6 Å². The molecule has 0 aliphatic heterocycles. The van der Waals surface area contributed by atoms with Gasteiger partial charge in [0.15, 0.2) is 0 Å². The second-order valence-electron chi connectivity index (χ2n) is 6.42. The number of nitrogens with zero attached hydrogens (tertiary/aromatic N) is 2. The number of carbonyl (C=O) groups excluding carboxylic acids is 1. The molecule has 1 amide bonds. The summed E-state index contributed by atoms with van der Waals surface area (Å²) in [6.45, 7) is 4.90. The van der Waals surface area contributed by atoms with Gasteiger partial charge in [0.2, 0.25) is 5.95 Å². The van der Waals surface area contributed by atoms with E-state index in [2.05, 4.69) is 20.6 Å². The van der Waals surface area contributed by atoms with E-state index in [1.807, 2.05) is 56.3 Å². The quantitative estimate of drug-likeness (QED) is 0.567. The van der Waals surface area contributed by atoms with Crippen LogP contribution in [0.2, 0.25) is 0 Å². The normalized spacial score (nSPS) is 10.3. The van der Waals surface area contributed by atoms with Gasteiger partial charge in [-0.15, -0.1) is 0 Å². The number of ether oxygens (including phenoxy) is 2. The Bertz CT molecular complexity index is 974. The molecule has 0 bridgehead atoms. The number of nitrogens with one attached hydrogen (secondary N) is 2. The van der Waals surface area contributed by atoms with Gasteiger partial charge in [0.1, 0.15) is 23.8 Å². The Morgan fingerprint density at radius 2 is 1.79 bits per heavy atom. The zero-order valence-electron chi connectivity index (χ0n) is 16.7. The fraction of sp³-hybridized carbons (Fsp3) is 0.227. The highest BCUT2D eigenvalue weighted by Gasteiger charge is 2.11. The van der Waals surface area contributed by atoms with Crippen molar-refractivity contribution in [2.75, 3.05) is 30.9 Å². The SMILES string of the molecule is COc1ccc(OCCNc2nccc(C(=O)Nc3cccc(C)c3C)n2)cc1. The fourth-order valence-corrected chi connectivity index (χ4v) is 2.65. The Morgan fingerprint density at radius 3 is 2.55 bits per heavy atom. The molecule has 150 valence electrons. The monoisotopic (exact) mass is 392 g/mol. The Labute approximate surface area is 170 Å². The second-order valence-corrected chi connectivity index (χ2v) is 6.42. The lowest BCUT2D eigenvalue weighted by molar-refractivity contribution is 0.102. The van der Waals surface area contributed by atoms with Crippen molar-refractivity contribution in [3.63, 3.8) is 0 Å². The summed E-state index contributed by atoms with van der Waals surface area (Å²) in [6, 6.07) is 14.7. The Balaban J connectivity index is 1.53. The van der Waals surface area contributed by atoms with Crippen molar-refractivity contribution in [1.29, 1.82) is 0 Å².